The molecule has 0 atom stereocenters. The maximum absolute atomic E-state index is 3.92. The van der Waals surface area contributed by atoms with Crippen LogP contribution in [0, 0.1) is 0 Å². The molecule has 0 aromatic rings. The second kappa shape index (κ2) is 3.77. The lowest BCUT2D eigenvalue weighted by Gasteiger charge is -1.95. The first-order valence-corrected chi connectivity index (χ1v) is 3.69. The van der Waals surface area contributed by atoms with E-state index in [0.29, 0.717) is 0 Å². The summed E-state index contributed by atoms with van der Waals surface area (Å²) in [6, 6.07) is 0. The molecule has 1 aliphatic rings. The van der Waals surface area contributed by atoms with Crippen molar-refractivity contribution in [1.82, 2.24) is 0 Å². The molecule has 0 nitrogen and oxygen atoms in total. The summed E-state index contributed by atoms with van der Waals surface area (Å²) >= 11 is 0. The van der Waals surface area contributed by atoms with Gasteiger partial charge in [0.2, 0.25) is 0 Å². The summed E-state index contributed by atoms with van der Waals surface area (Å²) in [7, 11) is 0. The number of rotatable bonds is 3. The number of hydrogen-bond donors (Lipinski definition) is 0. The molecule has 0 heterocycles. The van der Waals surface area contributed by atoms with E-state index in [1.54, 1.807) is 6.08 Å². The van der Waals surface area contributed by atoms with Crippen molar-refractivity contribution in [3.8, 4) is 0 Å². The molecule has 11 heavy (non-hydrogen) atoms. The van der Waals surface area contributed by atoms with Crippen molar-refractivity contribution in [1.29, 1.82) is 0 Å². The lowest BCUT2D eigenvalue weighted by molar-refractivity contribution is 1.43. The van der Waals surface area contributed by atoms with Crippen molar-refractivity contribution in [2.24, 2.45) is 0 Å². The van der Waals surface area contributed by atoms with Gasteiger partial charge in [0.05, 0.1) is 0 Å². The third-order valence-electron chi connectivity index (χ3n) is 1.58. The fraction of sp³-hybridized carbons (Fsp3) is 0.0909. The number of hydrogen-bond acceptors (Lipinski definition) is 0. The highest BCUT2D eigenvalue weighted by atomic mass is 14.0. The molecule has 0 N–H and O–H groups in total. The first-order valence-electron chi connectivity index (χ1n) is 3.69. The van der Waals surface area contributed by atoms with Crippen molar-refractivity contribution in [3.63, 3.8) is 0 Å². The Morgan fingerprint density at radius 3 is 2.91 bits per heavy atom. The molecule has 0 aromatic heterocycles. The third-order valence-corrected chi connectivity index (χ3v) is 1.58. The molecule has 0 radical (unpaired) electrons. The van der Waals surface area contributed by atoms with Crippen LogP contribution in [0.3, 0.4) is 0 Å². The Morgan fingerprint density at radius 2 is 2.36 bits per heavy atom. The van der Waals surface area contributed by atoms with E-state index in [-0.39, 0.29) is 0 Å². The molecule has 0 spiro atoms. The first kappa shape index (κ1) is 7.80. The predicted octanol–water partition coefficient (Wildman–Crippen LogP) is 3.17. The summed E-state index contributed by atoms with van der Waals surface area (Å²) in [6.45, 7) is 7.51. The monoisotopic (exact) mass is 144 g/mol. The summed E-state index contributed by atoms with van der Waals surface area (Å²) in [5, 5.41) is 0. The zero-order chi connectivity index (χ0) is 8.10. The average Bonchev–Trinajstić information content (AvgIpc) is 2.52. The Morgan fingerprint density at radius 1 is 1.55 bits per heavy atom. The Balaban J connectivity index is 2.61. The van der Waals surface area contributed by atoms with Gasteiger partial charge in [0.1, 0.15) is 0 Å². The lowest BCUT2D eigenvalue weighted by Crippen LogP contribution is -1.75. The van der Waals surface area contributed by atoms with E-state index < -0.39 is 0 Å². The van der Waals surface area contributed by atoms with Gasteiger partial charge in [0.15, 0.2) is 0 Å². The van der Waals surface area contributed by atoms with Gasteiger partial charge < -0.3 is 0 Å². The smallest absolute Gasteiger partial charge is 0.0157 e. The number of allylic oxidation sites excluding steroid dienone is 8. The Hall–Kier alpha value is -1.30. The molecule has 0 fully saturated rings. The molecule has 0 unspecified atom stereocenters. The normalized spacial score (nSPS) is 15.5. The van der Waals surface area contributed by atoms with Crippen LogP contribution in [0.2, 0.25) is 0 Å². The van der Waals surface area contributed by atoms with Gasteiger partial charge in [-0.05, 0) is 17.6 Å². The molecule has 0 amide bonds. The van der Waals surface area contributed by atoms with Crippen molar-refractivity contribution in [2.45, 2.75) is 6.42 Å². The van der Waals surface area contributed by atoms with Crippen LogP contribution in [0.25, 0.3) is 0 Å². The topological polar surface area (TPSA) is 0 Å². The second-order valence-corrected chi connectivity index (χ2v) is 2.42. The lowest BCUT2D eigenvalue weighted by atomic mass is 10.1. The second-order valence-electron chi connectivity index (χ2n) is 2.42. The summed E-state index contributed by atoms with van der Waals surface area (Å²) < 4.78 is 0. The van der Waals surface area contributed by atoms with E-state index in [9.17, 15) is 0 Å². The molecule has 0 bridgehead atoms. The van der Waals surface area contributed by atoms with Crippen LogP contribution in [0.15, 0.2) is 60.8 Å². The maximum Gasteiger partial charge on any atom is -0.0157 e. The van der Waals surface area contributed by atoms with E-state index in [1.807, 2.05) is 12.2 Å². The molecular formula is C11H12. The Labute approximate surface area is 67.9 Å². The minimum atomic E-state index is 1.04. The predicted molar refractivity (Wildman–Crippen MR) is 50.3 cm³/mol. The minimum absolute atomic E-state index is 1.04. The zero-order valence-corrected chi connectivity index (χ0v) is 6.59. The highest BCUT2D eigenvalue weighted by Crippen LogP contribution is 2.17. The summed E-state index contributed by atoms with van der Waals surface area (Å²) in [6.07, 6.45) is 13.0. The third kappa shape index (κ3) is 2.08. The van der Waals surface area contributed by atoms with Gasteiger partial charge in [-0.25, -0.2) is 0 Å². The summed E-state index contributed by atoms with van der Waals surface area (Å²) in [4.78, 5) is 0. The average molecular weight is 144 g/mol. The summed E-state index contributed by atoms with van der Waals surface area (Å²) in [5.41, 5.74) is 2.28. The SMILES string of the molecule is C=C/C=C\C(=C)C1=CCC=C1. The van der Waals surface area contributed by atoms with Crippen molar-refractivity contribution in [2.75, 3.05) is 0 Å². The molecule has 0 saturated carbocycles. The van der Waals surface area contributed by atoms with Gasteiger partial charge in [-0.2, -0.15) is 0 Å². The fourth-order valence-electron chi connectivity index (χ4n) is 0.977. The van der Waals surface area contributed by atoms with Gasteiger partial charge in [-0.3, -0.25) is 0 Å². The highest BCUT2D eigenvalue weighted by molar-refractivity contribution is 5.47. The standard InChI is InChI=1S/C11H12/c1-3-4-7-10(2)11-8-5-6-9-11/h3-5,7-9H,1-2,6H2/b7-4-. The molecule has 56 valence electrons. The minimum Gasteiger partial charge on any atom is -0.0991 e. The van der Waals surface area contributed by atoms with Crippen molar-refractivity contribution >= 4 is 0 Å². The molecule has 1 aliphatic carbocycles. The van der Waals surface area contributed by atoms with Crippen LogP contribution in [0.4, 0.5) is 0 Å². The van der Waals surface area contributed by atoms with E-state index in [4.69, 9.17) is 0 Å². The van der Waals surface area contributed by atoms with Crippen LogP contribution in [0.5, 0.6) is 0 Å². The molecule has 0 saturated heterocycles. The van der Waals surface area contributed by atoms with Gasteiger partial charge in [0, 0.05) is 0 Å². The largest absolute Gasteiger partial charge is 0.0991 e. The van der Waals surface area contributed by atoms with Crippen molar-refractivity contribution < 1.29 is 0 Å². The molecular weight excluding hydrogens is 132 g/mol. The van der Waals surface area contributed by atoms with Gasteiger partial charge in [-0.1, -0.05) is 49.6 Å². The Bertz CT molecular complexity index is 249. The van der Waals surface area contributed by atoms with Gasteiger partial charge in [0.25, 0.3) is 0 Å². The van der Waals surface area contributed by atoms with Gasteiger partial charge in [-0.15, -0.1) is 0 Å². The molecule has 0 heteroatoms. The first-order chi connectivity index (χ1) is 5.34. The van der Waals surface area contributed by atoms with E-state index in [1.165, 1.54) is 5.57 Å². The fourth-order valence-corrected chi connectivity index (χ4v) is 0.977. The van der Waals surface area contributed by atoms with Crippen LogP contribution in [-0.4, -0.2) is 0 Å². The van der Waals surface area contributed by atoms with E-state index >= 15 is 0 Å². The van der Waals surface area contributed by atoms with E-state index in [2.05, 4.69) is 31.4 Å². The molecule has 1 rings (SSSR count). The Kier molecular flexibility index (Phi) is 2.67. The van der Waals surface area contributed by atoms with Gasteiger partial charge >= 0.3 is 0 Å². The molecule has 0 aromatic carbocycles. The maximum atomic E-state index is 3.92. The molecule has 0 aliphatic heterocycles. The summed E-state index contributed by atoms with van der Waals surface area (Å²) in [5.74, 6) is 0. The quantitative estimate of drug-likeness (QED) is 0.534. The van der Waals surface area contributed by atoms with Crippen molar-refractivity contribution in [3.05, 3.63) is 60.8 Å². The highest BCUT2D eigenvalue weighted by Gasteiger charge is 1.97. The zero-order valence-electron chi connectivity index (χ0n) is 6.59. The van der Waals surface area contributed by atoms with Crippen LogP contribution >= 0.6 is 0 Å². The van der Waals surface area contributed by atoms with Crippen LogP contribution in [-0.2, 0) is 0 Å². The van der Waals surface area contributed by atoms with Crippen LogP contribution in [0.1, 0.15) is 6.42 Å². The van der Waals surface area contributed by atoms with E-state index in [0.717, 1.165) is 12.0 Å². The van der Waals surface area contributed by atoms with Crippen LogP contribution < -0.4 is 0 Å².